The van der Waals surface area contributed by atoms with E-state index in [0.717, 1.165) is 5.56 Å². The van der Waals surface area contributed by atoms with Crippen LogP contribution in [0.2, 0.25) is 0 Å². The van der Waals surface area contributed by atoms with E-state index in [-0.39, 0.29) is 31.5 Å². The van der Waals surface area contributed by atoms with Gasteiger partial charge in [-0.1, -0.05) is 56.3 Å². The molecule has 0 radical (unpaired) electrons. The first-order valence-corrected chi connectivity index (χ1v) is 15.9. The van der Waals surface area contributed by atoms with Crippen molar-refractivity contribution in [2.24, 2.45) is 5.92 Å². The Kier molecular flexibility index (Phi) is 16.3. The molecule has 3 N–H and O–H groups in total. The number of rotatable bonds is 19. The van der Waals surface area contributed by atoms with Crippen molar-refractivity contribution < 1.29 is 42.1 Å². The second kappa shape index (κ2) is 18.5. The minimum Gasteiger partial charge on any atom is -0.458 e. The van der Waals surface area contributed by atoms with Crippen LogP contribution in [0.4, 0.5) is 0 Å². The number of phosphoric acid groups is 1. The molecule has 0 unspecified atom stereocenters. The molecule has 0 bridgehead atoms. The van der Waals surface area contributed by atoms with Crippen molar-refractivity contribution in [3.05, 3.63) is 61.2 Å². The van der Waals surface area contributed by atoms with Crippen LogP contribution in [0.15, 0.2) is 55.6 Å². The summed E-state index contributed by atoms with van der Waals surface area (Å²) in [4.78, 5) is 52.3. The fourth-order valence-electron chi connectivity index (χ4n) is 3.77. The van der Waals surface area contributed by atoms with E-state index < -0.39 is 55.4 Å². The summed E-state index contributed by atoms with van der Waals surface area (Å²) >= 11 is 0. The van der Waals surface area contributed by atoms with Gasteiger partial charge in [-0.2, -0.15) is 0 Å². The first kappa shape index (κ1) is 38.7. The van der Waals surface area contributed by atoms with Gasteiger partial charge in [-0.05, 0) is 52.5 Å². The van der Waals surface area contributed by atoms with Crippen LogP contribution in [0.3, 0.4) is 0 Å². The lowest BCUT2D eigenvalue weighted by molar-refractivity contribution is -0.161. The first-order chi connectivity index (χ1) is 20.5. The van der Waals surface area contributed by atoms with E-state index in [1.165, 1.54) is 26.0 Å². The molecular formula is C31H48N3O9P. The minimum atomic E-state index is -4.22. The second-order valence-electron chi connectivity index (χ2n) is 11.6. The topological polar surface area (TPSA) is 158 Å². The van der Waals surface area contributed by atoms with Crippen molar-refractivity contribution in [3.8, 4) is 0 Å². The Balaban J connectivity index is 3.08. The fraction of sp³-hybridized carbons (Fsp3) is 0.548. The third-order valence-electron chi connectivity index (χ3n) is 5.74. The summed E-state index contributed by atoms with van der Waals surface area (Å²) in [5.41, 5.74) is -0.135. The zero-order chi connectivity index (χ0) is 33.5. The van der Waals surface area contributed by atoms with Crippen LogP contribution in [0.5, 0.6) is 0 Å². The van der Waals surface area contributed by atoms with Crippen molar-refractivity contribution in [2.45, 2.75) is 91.1 Å². The quantitative estimate of drug-likeness (QED) is 0.116. The lowest BCUT2D eigenvalue weighted by Gasteiger charge is -2.30. The van der Waals surface area contributed by atoms with Crippen LogP contribution < -0.4 is 16.0 Å². The van der Waals surface area contributed by atoms with Gasteiger partial charge in [0.05, 0.1) is 25.7 Å². The Morgan fingerprint density at radius 2 is 1.45 bits per heavy atom. The molecule has 0 spiro atoms. The highest BCUT2D eigenvalue weighted by molar-refractivity contribution is 7.48. The molecule has 246 valence electrons. The van der Waals surface area contributed by atoms with Crippen LogP contribution in [-0.4, -0.2) is 66.7 Å². The molecule has 0 aliphatic rings. The predicted octanol–water partition coefficient (Wildman–Crippen LogP) is 4.01. The van der Waals surface area contributed by atoms with Gasteiger partial charge in [0.25, 0.3) is 0 Å². The van der Waals surface area contributed by atoms with E-state index in [9.17, 15) is 23.7 Å². The molecule has 12 nitrogen and oxygen atoms in total. The van der Waals surface area contributed by atoms with Gasteiger partial charge in [-0.15, -0.1) is 13.2 Å². The van der Waals surface area contributed by atoms with E-state index >= 15 is 0 Å². The normalized spacial score (nSPS) is 14.5. The van der Waals surface area contributed by atoms with Gasteiger partial charge in [0, 0.05) is 0 Å². The Morgan fingerprint density at radius 1 is 0.886 bits per heavy atom. The van der Waals surface area contributed by atoms with E-state index in [1.54, 1.807) is 20.8 Å². The maximum atomic E-state index is 13.2. The molecule has 0 aliphatic carbocycles. The number of nitrogens with one attached hydrogen (secondary N) is 3. The van der Waals surface area contributed by atoms with Gasteiger partial charge < -0.3 is 20.7 Å². The van der Waals surface area contributed by atoms with Crippen LogP contribution in [0.25, 0.3) is 0 Å². The third kappa shape index (κ3) is 14.9. The molecule has 0 aromatic heterocycles. The second-order valence-corrected chi connectivity index (χ2v) is 13.2. The fourth-order valence-corrected chi connectivity index (χ4v) is 5.07. The monoisotopic (exact) mass is 637 g/mol. The molecule has 0 saturated carbocycles. The highest BCUT2D eigenvalue weighted by atomic mass is 31.2. The average molecular weight is 638 g/mol. The Morgan fingerprint density at radius 3 is 1.95 bits per heavy atom. The van der Waals surface area contributed by atoms with Gasteiger partial charge in [0.2, 0.25) is 17.7 Å². The SMILES string of the molecule is C=CCOP(=O)(OCC=C)O[C@H](C)[C@H](NC(=O)[C@H](C)NC(=O)[C@H](CC(C)C)NC(=O)Cc1ccccc1)C(=O)OC(C)(C)C. The number of amides is 3. The summed E-state index contributed by atoms with van der Waals surface area (Å²) in [7, 11) is -4.22. The smallest absolute Gasteiger partial charge is 0.458 e. The maximum Gasteiger partial charge on any atom is 0.475 e. The van der Waals surface area contributed by atoms with E-state index in [2.05, 4.69) is 29.1 Å². The number of carbonyl (C=O) groups excluding carboxylic acids is 4. The van der Waals surface area contributed by atoms with Crippen LogP contribution in [0, 0.1) is 5.92 Å². The molecule has 4 atom stereocenters. The van der Waals surface area contributed by atoms with Gasteiger partial charge >= 0.3 is 13.8 Å². The number of ether oxygens (including phenoxy) is 1. The molecule has 44 heavy (non-hydrogen) atoms. The molecule has 1 aromatic carbocycles. The maximum absolute atomic E-state index is 13.2. The highest BCUT2D eigenvalue weighted by Gasteiger charge is 2.39. The molecular weight excluding hydrogens is 589 g/mol. The van der Waals surface area contributed by atoms with Gasteiger partial charge in [0.1, 0.15) is 17.7 Å². The number of benzene rings is 1. The Hall–Kier alpha value is -3.31. The predicted molar refractivity (Wildman–Crippen MR) is 167 cm³/mol. The molecule has 0 saturated heterocycles. The molecule has 0 aliphatic heterocycles. The highest BCUT2D eigenvalue weighted by Crippen LogP contribution is 2.50. The summed E-state index contributed by atoms with van der Waals surface area (Å²) in [5, 5.41) is 7.88. The largest absolute Gasteiger partial charge is 0.475 e. The first-order valence-electron chi connectivity index (χ1n) is 14.5. The molecule has 3 amide bonds. The van der Waals surface area contributed by atoms with Crippen LogP contribution in [0.1, 0.15) is 60.5 Å². The number of esters is 1. The summed E-state index contributed by atoms with van der Waals surface area (Å²) in [5.74, 6) is -2.48. The van der Waals surface area contributed by atoms with Gasteiger partial charge in [-0.3, -0.25) is 28.0 Å². The number of carbonyl (C=O) groups is 4. The lowest BCUT2D eigenvalue weighted by Crippen LogP contribution is -2.57. The number of phosphoric ester groups is 1. The van der Waals surface area contributed by atoms with Crippen molar-refractivity contribution in [1.29, 1.82) is 0 Å². The standard InChI is InChI=1S/C31H48N3O9P/c1-10-17-40-44(39,41-18-11-2)43-23(6)27(30(38)42-31(7,8)9)34-28(36)22(5)32-29(37)25(19-21(3)4)33-26(35)20-24-15-13-12-14-16-24/h10-16,21-23,25,27H,1-2,17-20H2,3-9H3,(H,32,37)(H,33,35)(H,34,36)/t22-,23+,25-,27-/m0/s1. The number of hydrogen-bond donors (Lipinski definition) is 3. The summed E-state index contributed by atoms with van der Waals surface area (Å²) < 4.78 is 34.6. The van der Waals surface area contributed by atoms with Gasteiger partial charge in [0.15, 0.2) is 6.04 Å². The van der Waals surface area contributed by atoms with Crippen molar-refractivity contribution in [3.63, 3.8) is 0 Å². The Labute approximate surface area is 260 Å². The van der Waals surface area contributed by atoms with E-state index in [4.69, 9.17) is 18.3 Å². The lowest BCUT2D eigenvalue weighted by atomic mass is 10.0. The summed E-state index contributed by atoms with van der Waals surface area (Å²) in [6.07, 6.45) is 1.84. The zero-order valence-corrected chi connectivity index (χ0v) is 27.7. The zero-order valence-electron chi connectivity index (χ0n) is 26.8. The summed E-state index contributed by atoms with van der Waals surface area (Å²) in [6.45, 7) is 18.2. The molecule has 1 rings (SSSR count). The summed E-state index contributed by atoms with van der Waals surface area (Å²) in [6, 6.07) is 5.59. The van der Waals surface area contributed by atoms with Crippen molar-refractivity contribution in [2.75, 3.05) is 13.2 Å². The minimum absolute atomic E-state index is 0.0590. The van der Waals surface area contributed by atoms with Gasteiger partial charge in [-0.25, -0.2) is 9.36 Å². The Bertz CT molecular complexity index is 1150. The van der Waals surface area contributed by atoms with Crippen LogP contribution >= 0.6 is 7.82 Å². The molecule has 0 fully saturated rings. The molecule has 1 aromatic rings. The molecule has 0 heterocycles. The molecule has 13 heteroatoms. The average Bonchev–Trinajstić information content (AvgIpc) is 2.92. The number of hydrogen-bond acceptors (Lipinski definition) is 9. The third-order valence-corrected chi connectivity index (χ3v) is 7.26. The van der Waals surface area contributed by atoms with E-state index in [0.29, 0.717) is 6.42 Å². The van der Waals surface area contributed by atoms with E-state index in [1.807, 2.05) is 44.2 Å². The van der Waals surface area contributed by atoms with Crippen molar-refractivity contribution in [1.82, 2.24) is 16.0 Å². The van der Waals surface area contributed by atoms with Crippen LogP contribution in [-0.2, 0) is 48.5 Å². The van der Waals surface area contributed by atoms with Crippen molar-refractivity contribution >= 4 is 31.5 Å².